The maximum Gasteiger partial charge on any atom is 0.0949 e. The Morgan fingerprint density at radius 2 is 2.10 bits per heavy atom. The highest BCUT2D eigenvalue weighted by Gasteiger charge is 2.18. The summed E-state index contributed by atoms with van der Waals surface area (Å²) in [6.07, 6.45) is 10.8. The first-order chi connectivity index (χ1) is 9.72. The fourth-order valence-corrected chi connectivity index (χ4v) is 3.11. The van der Waals surface area contributed by atoms with Crippen molar-refractivity contribution >= 4 is 0 Å². The summed E-state index contributed by atoms with van der Waals surface area (Å²) in [7, 11) is 0. The minimum absolute atomic E-state index is 0.382. The van der Waals surface area contributed by atoms with Crippen LogP contribution in [0.15, 0.2) is 12.5 Å². The molecule has 0 amide bonds. The lowest BCUT2D eigenvalue weighted by atomic mass is 9.93. The lowest BCUT2D eigenvalue weighted by molar-refractivity contribution is 0.0237. The Balaban J connectivity index is 1.85. The molecule has 2 N–H and O–H groups in total. The fourth-order valence-electron chi connectivity index (χ4n) is 3.11. The highest BCUT2D eigenvalue weighted by Crippen LogP contribution is 2.23. The topological polar surface area (TPSA) is 53.1 Å². The molecule has 1 aliphatic carbocycles. The molecule has 114 valence electrons. The van der Waals surface area contributed by atoms with Crippen molar-refractivity contribution in [2.45, 2.75) is 64.5 Å². The van der Waals surface area contributed by atoms with Gasteiger partial charge in [-0.1, -0.05) is 33.1 Å². The number of rotatable bonds is 7. The van der Waals surface area contributed by atoms with Crippen molar-refractivity contribution in [1.29, 1.82) is 0 Å². The smallest absolute Gasteiger partial charge is 0.0949 e. The molecule has 0 radical (unpaired) electrons. The van der Waals surface area contributed by atoms with Crippen molar-refractivity contribution in [3.63, 3.8) is 0 Å². The van der Waals surface area contributed by atoms with Crippen molar-refractivity contribution in [1.82, 2.24) is 9.55 Å². The van der Waals surface area contributed by atoms with E-state index in [1.807, 2.05) is 12.5 Å². The molecule has 0 bridgehead atoms. The lowest BCUT2D eigenvalue weighted by Gasteiger charge is -2.23. The molecule has 1 fully saturated rings. The van der Waals surface area contributed by atoms with E-state index in [1.54, 1.807) is 0 Å². The zero-order valence-electron chi connectivity index (χ0n) is 12.9. The minimum Gasteiger partial charge on any atom is -0.376 e. The molecule has 1 unspecified atom stereocenters. The zero-order chi connectivity index (χ0) is 14.4. The first-order valence-electron chi connectivity index (χ1n) is 8.04. The van der Waals surface area contributed by atoms with E-state index < -0.39 is 0 Å². The van der Waals surface area contributed by atoms with Gasteiger partial charge in [-0.15, -0.1) is 0 Å². The molecular formula is C16H29N3O. The van der Waals surface area contributed by atoms with Gasteiger partial charge in [0.2, 0.25) is 0 Å². The normalized spacial score (nSPS) is 18.6. The largest absolute Gasteiger partial charge is 0.376 e. The Labute approximate surface area is 122 Å². The third kappa shape index (κ3) is 4.06. The van der Waals surface area contributed by atoms with Crippen LogP contribution >= 0.6 is 0 Å². The van der Waals surface area contributed by atoms with Crippen molar-refractivity contribution in [3.05, 3.63) is 18.2 Å². The van der Waals surface area contributed by atoms with E-state index in [4.69, 9.17) is 10.5 Å². The van der Waals surface area contributed by atoms with Gasteiger partial charge in [-0.3, -0.25) is 0 Å². The quantitative estimate of drug-likeness (QED) is 0.835. The van der Waals surface area contributed by atoms with E-state index in [2.05, 4.69) is 23.4 Å². The van der Waals surface area contributed by atoms with Gasteiger partial charge in [-0.05, 0) is 18.8 Å². The van der Waals surface area contributed by atoms with Gasteiger partial charge in [0, 0.05) is 30.9 Å². The highest BCUT2D eigenvalue weighted by molar-refractivity contribution is 5.08. The zero-order valence-corrected chi connectivity index (χ0v) is 12.9. The summed E-state index contributed by atoms with van der Waals surface area (Å²) in [5, 5.41) is 0. The average molecular weight is 279 g/mol. The van der Waals surface area contributed by atoms with E-state index in [0.717, 1.165) is 13.2 Å². The van der Waals surface area contributed by atoms with Gasteiger partial charge in [-0.25, -0.2) is 4.98 Å². The Hall–Kier alpha value is -0.870. The predicted molar refractivity (Wildman–Crippen MR) is 81.7 cm³/mol. The van der Waals surface area contributed by atoms with E-state index in [9.17, 15) is 0 Å². The van der Waals surface area contributed by atoms with Crippen LogP contribution in [0.25, 0.3) is 0 Å². The predicted octanol–water partition coefficient (Wildman–Crippen LogP) is 2.93. The number of hydrogen-bond donors (Lipinski definition) is 1. The van der Waals surface area contributed by atoms with Crippen LogP contribution in [0.5, 0.6) is 0 Å². The second-order valence-corrected chi connectivity index (χ2v) is 6.23. The molecule has 1 aliphatic rings. The van der Waals surface area contributed by atoms with Gasteiger partial charge in [0.25, 0.3) is 0 Å². The van der Waals surface area contributed by atoms with Crippen LogP contribution in [0.4, 0.5) is 0 Å². The Bertz CT molecular complexity index is 383. The maximum atomic E-state index is 6.01. The molecule has 1 atom stereocenters. The number of nitrogens with two attached hydrogens (primary N) is 1. The Kier molecular flexibility index (Phi) is 6.05. The molecular weight excluding hydrogens is 250 g/mol. The van der Waals surface area contributed by atoms with Crippen LogP contribution < -0.4 is 5.73 Å². The summed E-state index contributed by atoms with van der Waals surface area (Å²) in [6, 6.07) is 0. The SMILES string of the molecule is CC(C)C(CN)c1cncn1CCOC1CCCCC1. The van der Waals surface area contributed by atoms with Gasteiger partial charge in [0.15, 0.2) is 0 Å². The lowest BCUT2D eigenvalue weighted by Crippen LogP contribution is -2.23. The summed E-state index contributed by atoms with van der Waals surface area (Å²) < 4.78 is 8.21. The molecule has 4 heteroatoms. The Morgan fingerprint density at radius 3 is 2.75 bits per heavy atom. The number of imidazole rings is 1. The average Bonchev–Trinajstić information content (AvgIpc) is 2.89. The molecule has 2 rings (SSSR count). The highest BCUT2D eigenvalue weighted by atomic mass is 16.5. The first-order valence-corrected chi connectivity index (χ1v) is 8.04. The first kappa shape index (κ1) is 15.5. The second-order valence-electron chi connectivity index (χ2n) is 6.23. The van der Waals surface area contributed by atoms with Crippen molar-refractivity contribution in [2.24, 2.45) is 11.7 Å². The van der Waals surface area contributed by atoms with Crippen molar-refractivity contribution in [2.75, 3.05) is 13.2 Å². The van der Waals surface area contributed by atoms with E-state index in [1.165, 1.54) is 37.8 Å². The molecule has 0 saturated heterocycles. The van der Waals surface area contributed by atoms with Gasteiger partial charge in [0.1, 0.15) is 0 Å². The summed E-state index contributed by atoms with van der Waals surface area (Å²) in [5.41, 5.74) is 7.15. The minimum atomic E-state index is 0.382. The molecule has 1 saturated carbocycles. The summed E-state index contributed by atoms with van der Waals surface area (Å²) in [5.74, 6) is 0.918. The number of hydrogen-bond acceptors (Lipinski definition) is 3. The molecule has 0 aromatic carbocycles. The van der Waals surface area contributed by atoms with Crippen LogP contribution in [0.1, 0.15) is 57.6 Å². The van der Waals surface area contributed by atoms with Crippen LogP contribution in [0.3, 0.4) is 0 Å². The summed E-state index contributed by atoms with van der Waals surface area (Å²) in [6.45, 7) is 6.77. The fraction of sp³-hybridized carbons (Fsp3) is 0.812. The van der Waals surface area contributed by atoms with Crippen LogP contribution in [0, 0.1) is 5.92 Å². The van der Waals surface area contributed by atoms with Gasteiger partial charge < -0.3 is 15.0 Å². The summed E-state index contributed by atoms with van der Waals surface area (Å²) in [4.78, 5) is 4.29. The molecule has 1 heterocycles. The molecule has 4 nitrogen and oxygen atoms in total. The molecule has 0 spiro atoms. The van der Waals surface area contributed by atoms with E-state index in [0.29, 0.717) is 24.5 Å². The second kappa shape index (κ2) is 7.79. The maximum absolute atomic E-state index is 6.01. The van der Waals surface area contributed by atoms with Gasteiger partial charge in [0.05, 0.1) is 19.0 Å². The third-order valence-electron chi connectivity index (χ3n) is 4.42. The number of nitrogens with zero attached hydrogens (tertiary/aromatic N) is 2. The molecule has 1 aromatic rings. The molecule has 0 aliphatic heterocycles. The number of aromatic nitrogens is 2. The van der Waals surface area contributed by atoms with Crippen LogP contribution in [-0.4, -0.2) is 28.8 Å². The number of ether oxygens (including phenoxy) is 1. The molecule has 1 aromatic heterocycles. The van der Waals surface area contributed by atoms with Gasteiger partial charge >= 0.3 is 0 Å². The van der Waals surface area contributed by atoms with Crippen molar-refractivity contribution < 1.29 is 4.74 Å². The standard InChI is InChI=1S/C16H29N3O/c1-13(2)15(10-17)16-11-18-12-19(16)8-9-20-14-6-4-3-5-7-14/h11-15H,3-10,17H2,1-2H3. The van der Waals surface area contributed by atoms with Crippen molar-refractivity contribution in [3.8, 4) is 0 Å². The van der Waals surface area contributed by atoms with Crippen LogP contribution in [0.2, 0.25) is 0 Å². The van der Waals surface area contributed by atoms with Gasteiger partial charge in [-0.2, -0.15) is 0 Å². The molecule has 20 heavy (non-hydrogen) atoms. The Morgan fingerprint density at radius 1 is 1.35 bits per heavy atom. The third-order valence-corrected chi connectivity index (χ3v) is 4.42. The monoisotopic (exact) mass is 279 g/mol. The van der Waals surface area contributed by atoms with E-state index >= 15 is 0 Å². The summed E-state index contributed by atoms with van der Waals surface area (Å²) >= 11 is 0. The van der Waals surface area contributed by atoms with E-state index in [-0.39, 0.29) is 0 Å². The van der Waals surface area contributed by atoms with Crippen LogP contribution in [-0.2, 0) is 11.3 Å².